The van der Waals surface area contributed by atoms with Crippen LogP contribution in [0.4, 0.5) is 4.79 Å². The molecule has 3 aromatic carbocycles. The quantitative estimate of drug-likeness (QED) is 0.0730. The molecule has 224 valence electrons. The first-order chi connectivity index (χ1) is 20.4. The van der Waals surface area contributed by atoms with E-state index in [9.17, 15) is 14.4 Å². The second-order valence-electron chi connectivity index (χ2n) is 10.4. The van der Waals surface area contributed by atoms with Gasteiger partial charge in [0, 0.05) is 0 Å². The number of benzene rings is 3. The molecule has 0 saturated heterocycles. The third-order valence-electron chi connectivity index (χ3n) is 6.97. The molecule has 0 aromatic heterocycles. The Labute approximate surface area is 249 Å². The van der Waals surface area contributed by atoms with Gasteiger partial charge in [0.15, 0.2) is 0 Å². The zero-order valence-corrected chi connectivity index (χ0v) is 24.9. The van der Waals surface area contributed by atoms with Crippen LogP contribution >= 0.6 is 0 Å². The molecular formula is C35H42O7. The van der Waals surface area contributed by atoms with Gasteiger partial charge in [-0.1, -0.05) is 90.0 Å². The van der Waals surface area contributed by atoms with Gasteiger partial charge in [0.25, 0.3) is 0 Å². The second-order valence-corrected chi connectivity index (χ2v) is 10.4. The van der Waals surface area contributed by atoms with E-state index in [2.05, 4.69) is 13.8 Å². The highest BCUT2D eigenvalue weighted by atomic mass is 16.7. The molecule has 0 radical (unpaired) electrons. The zero-order chi connectivity index (χ0) is 30.2. The highest BCUT2D eigenvalue weighted by Gasteiger charge is 2.12. The second kappa shape index (κ2) is 17.6. The van der Waals surface area contributed by atoms with E-state index in [4.69, 9.17) is 18.9 Å². The van der Waals surface area contributed by atoms with E-state index in [0.29, 0.717) is 36.0 Å². The normalized spacial score (nSPS) is 11.4. The van der Waals surface area contributed by atoms with Crippen molar-refractivity contribution in [1.82, 2.24) is 0 Å². The van der Waals surface area contributed by atoms with Crippen LogP contribution in [-0.4, -0.2) is 31.3 Å². The van der Waals surface area contributed by atoms with Crippen LogP contribution in [0, 0.1) is 5.92 Å². The number of carbonyl (C=O) groups excluding carboxylic acids is 3. The molecule has 0 unspecified atom stereocenters. The predicted molar refractivity (Wildman–Crippen MR) is 163 cm³/mol. The summed E-state index contributed by atoms with van der Waals surface area (Å²) in [6.07, 6.45) is 8.15. The number of unbranched alkanes of at least 4 members (excludes halogenated alkanes) is 6. The van der Waals surface area contributed by atoms with Crippen molar-refractivity contribution < 1.29 is 33.3 Å². The van der Waals surface area contributed by atoms with Crippen LogP contribution in [0.1, 0.15) is 92.9 Å². The van der Waals surface area contributed by atoms with Gasteiger partial charge >= 0.3 is 18.1 Å². The number of carbonyl (C=O) groups is 3. The van der Waals surface area contributed by atoms with Gasteiger partial charge in [-0.3, -0.25) is 0 Å². The lowest BCUT2D eigenvalue weighted by Gasteiger charge is -2.10. The Morgan fingerprint density at radius 3 is 1.71 bits per heavy atom. The van der Waals surface area contributed by atoms with Crippen LogP contribution in [0.3, 0.4) is 0 Å². The highest BCUT2D eigenvalue weighted by molar-refractivity contribution is 5.91. The van der Waals surface area contributed by atoms with Crippen LogP contribution < -0.4 is 9.47 Å². The van der Waals surface area contributed by atoms with Crippen LogP contribution in [0.25, 0.3) is 11.1 Å². The van der Waals surface area contributed by atoms with Gasteiger partial charge < -0.3 is 18.9 Å². The summed E-state index contributed by atoms with van der Waals surface area (Å²) >= 11 is 0. The topological polar surface area (TPSA) is 88.1 Å². The molecule has 7 nitrogen and oxygen atoms in total. The average molecular weight is 575 g/mol. The number of rotatable bonds is 16. The first-order valence-corrected chi connectivity index (χ1v) is 14.9. The summed E-state index contributed by atoms with van der Waals surface area (Å²) < 4.78 is 21.2. The molecular weight excluding hydrogens is 532 g/mol. The van der Waals surface area contributed by atoms with Crippen LogP contribution in [0.15, 0.2) is 72.8 Å². The Morgan fingerprint density at radius 1 is 0.595 bits per heavy atom. The van der Waals surface area contributed by atoms with Crippen molar-refractivity contribution in [3.8, 4) is 22.6 Å². The molecule has 0 N–H and O–H groups in total. The molecule has 0 aliphatic carbocycles. The minimum atomic E-state index is -0.757. The fourth-order valence-electron chi connectivity index (χ4n) is 4.10. The highest BCUT2D eigenvalue weighted by Crippen LogP contribution is 2.24. The fraction of sp³-hybridized carbons (Fsp3) is 0.400. The number of hydrogen-bond acceptors (Lipinski definition) is 7. The molecule has 0 saturated carbocycles. The van der Waals surface area contributed by atoms with Gasteiger partial charge in [-0.25, -0.2) is 14.4 Å². The molecule has 7 heteroatoms. The molecule has 0 aliphatic rings. The number of hydrogen-bond donors (Lipinski definition) is 0. The standard InChI is InChI=1S/C35H42O7/c1-4-6-7-8-9-10-11-24-39-35(38)42-32-22-18-30(19-23-32)34(37)41-31-20-16-28(17-21-31)27-12-14-29(15-13-27)33(36)40-25-26(3)5-2/h12-23,26H,4-11,24-25H2,1-3H3/t26-/m0/s1. The molecule has 0 spiro atoms. The van der Waals surface area contributed by atoms with E-state index < -0.39 is 12.1 Å². The lowest BCUT2D eigenvalue weighted by Crippen LogP contribution is -2.12. The van der Waals surface area contributed by atoms with E-state index in [1.165, 1.54) is 49.9 Å². The summed E-state index contributed by atoms with van der Waals surface area (Å²) in [5.74, 6) is 0.145. The van der Waals surface area contributed by atoms with Crippen molar-refractivity contribution in [2.45, 2.75) is 72.1 Å². The van der Waals surface area contributed by atoms with E-state index in [1.807, 2.05) is 31.2 Å². The Morgan fingerprint density at radius 2 is 1.10 bits per heavy atom. The predicted octanol–water partition coefficient (Wildman–Crippen LogP) is 9.04. The molecule has 3 aromatic rings. The van der Waals surface area contributed by atoms with E-state index in [-0.39, 0.29) is 11.7 Å². The summed E-state index contributed by atoms with van der Waals surface area (Å²) in [5, 5.41) is 0. The van der Waals surface area contributed by atoms with Crippen molar-refractivity contribution in [2.75, 3.05) is 13.2 Å². The van der Waals surface area contributed by atoms with Crippen molar-refractivity contribution in [3.05, 3.63) is 83.9 Å². The Kier molecular flexibility index (Phi) is 13.6. The summed E-state index contributed by atoms with van der Waals surface area (Å²) in [6, 6.07) is 20.4. The molecule has 0 fully saturated rings. The maximum atomic E-state index is 12.6. The summed E-state index contributed by atoms with van der Waals surface area (Å²) in [6.45, 7) is 7.03. The van der Waals surface area contributed by atoms with Gasteiger partial charge in [-0.15, -0.1) is 0 Å². The fourth-order valence-corrected chi connectivity index (χ4v) is 4.10. The lowest BCUT2D eigenvalue weighted by atomic mass is 10.0. The monoisotopic (exact) mass is 574 g/mol. The van der Waals surface area contributed by atoms with E-state index in [1.54, 1.807) is 24.3 Å². The van der Waals surface area contributed by atoms with E-state index >= 15 is 0 Å². The SMILES string of the molecule is CCCCCCCCCOC(=O)Oc1ccc(C(=O)Oc2ccc(-c3ccc(C(=O)OC[C@@H](C)CC)cc3)cc2)cc1. The van der Waals surface area contributed by atoms with Gasteiger partial charge in [-0.05, 0) is 72.0 Å². The Hall–Kier alpha value is -4.13. The lowest BCUT2D eigenvalue weighted by molar-refractivity contribution is 0.0446. The summed E-state index contributed by atoms with van der Waals surface area (Å²) in [5.41, 5.74) is 2.65. The molecule has 42 heavy (non-hydrogen) atoms. The Balaban J connectivity index is 1.42. The van der Waals surface area contributed by atoms with Crippen LogP contribution in [0.5, 0.6) is 11.5 Å². The minimum absolute atomic E-state index is 0.287. The average Bonchev–Trinajstić information content (AvgIpc) is 3.01. The summed E-state index contributed by atoms with van der Waals surface area (Å²) in [4.78, 5) is 36.8. The number of esters is 2. The van der Waals surface area contributed by atoms with Crippen molar-refractivity contribution in [3.63, 3.8) is 0 Å². The molecule has 0 aliphatic heterocycles. The van der Waals surface area contributed by atoms with E-state index in [0.717, 1.165) is 36.8 Å². The van der Waals surface area contributed by atoms with Gasteiger partial charge in [0.2, 0.25) is 0 Å². The van der Waals surface area contributed by atoms with Crippen molar-refractivity contribution in [1.29, 1.82) is 0 Å². The third kappa shape index (κ3) is 11.0. The van der Waals surface area contributed by atoms with Crippen LogP contribution in [0.2, 0.25) is 0 Å². The van der Waals surface area contributed by atoms with Gasteiger partial charge in [0.05, 0.1) is 24.3 Å². The summed E-state index contributed by atoms with van der Waals surface area (Å²) in [7, 11) is 0. The maximum Gasteiger partial charge on any atom is 0.513 e. The van der Waals surface area contributed by atoms with Crippen molar-refractivity contribution in [2.24, 2.45) is 5.92 Å². The molecule has 1 atom stereocenters. The molecule has 3 rings (SSSR count). The number of ether oxygens (including phenoxy) is 4. The van der Waals surface area contributed by atoms with Crippen LogP contribution in [-0.2, 0) is 9.47 Å². The minimum Gasteiger partial charge on any atom is -0.462 e. The largest absolute Gasteiger partial charge is 0.513 e. The van der Waals surface area contributed by atoms with Crippen molar-refractivity contribution >= 4 is 18.1 Å². The molecule has 0 bridgehead atoms. The zero-order valence-electron chi connectivity index (χ0n) is 24.9. The molecule has 0 amide bonds. The Bertz CT molecular complexity index is 1250. The van der Waals surface area contributed by atoms with Gasteiger partial charge in [-0.2, -0.15) is 0 Å². The maximum absolute atomic E-state index is 12.6. The molecule has 0 heterocycles. The van der Waals surface area contributed by atoms with Gasteiger partial charge in [0.1, 0.15) is 11.5 Å². The first kappa shape index (κ1) is 32.4. The third-order valence-corrected chi connectivity index (χ3v) is 6.97. The smallest absolute Gasteiger partial charge is 0.462 e. The first-order valence-electron chi connectivity index (χ1n) is 14.9.